The molecule has 1 amide bonds. The Morgan fingerprint density at radius 3 is 2.86 bits per heavy atom. The molecule has 2 fully saturated rings. The molecule has 1 saturated heterocycles. The predicted molar refractivity (Wildman–Crippen MR) is 113 cm³/mol. The molecule has 1 saturated carbocycles. The zero-order valence-electron chi connectivity index (χ0n) is 16.5. The van der Waals surface area contributed by atoms with Gasteiger partial charge in [-0.2, -0.15) is 0 Å². The van der Waals surface area contributed by atoms with Crippen molar-refractivity contribution in [1.82, 2.24) is 9.80 Å². The second kappa shape index (κ2) is 9.29. The Kier molecular flexibility index (Phi) is 7.02. The third-order valence-corrected chi connectivity index (χ3v) is 6.56. The average molecular weight is 407 g/mol. The van der Waals surface area contributed by atoms with E-state index in [-0.39, 0.29) is 31.0 Å². The molecule has 0 spiro atoms. The summed E-state index contributed by atoms with van der Waals surface area (Å²) in [5.41, 5.74) is 1.87. The van der Waals surface area contributed by atoms with Gasteiger partial charge in [-0.3, -0.25) is 9.69 Å². The SMILES string of the molecule is CN(C(=O)Cc1cccc2occc12)[C@@H]1CCCC[C@H]1N1CCC(CO)C1.Cl. The van der Waals surface area contributed by atoms with Crippen LogP contribution in [-0.2, 0) is 11.2 Å². The van der Waals surface area contributed by atoms with Gasteiger partial charge < -0.3 is 14.4 Å². The van der Waals surface area contributed by atoms with Gasteiger partial charge >= 0.3 is 0 Å². The number of fused-ring (bicyclic) bond motifs is 1. The number of halogens is 1. The molecule has 1 aromatic carbocycles. The van der Waals surface area contributed by atoms with Gasteiger partial charge in [-0.15, -0.1) is 12.4 Å². The van der Waals surface area contributed by atoms with Gasteiger partial charge in [0.15, 0.2) is 0 Å². The lowest BCUT2D eigenvalue weighted by Gasteiger charge is -2.42. The number of amides is 1. The Morgan fingerprint density at radius 1 is 1.25 bits per heavy atom. The van der Waals surface area contributed by atoms with E-state index in [1.54, 1.807) is 6.26 Å². The summed E-state index contributed by atoms with van der Waals surface area (Å²) >= 11 is 0. The normalized spacial score (nSPS) is 25.6. The van der Waals surface area contributed by atoms with Gasteiger partial charge in [-0.05, 0) is 49.4 Å². The van der Waals surface area contributed by atoms with Crippen LogP contribution in [0.2, 0.25) is 0 Å². The topological polar surface area (TPSA) is 56.9 Å². The van der Waals surface area contributed by atoms with Gasteiger partial charge in [0.2, 0.25) is 5.91 Å². The number of hydrogen-bond donors (Lipinski definition) is 1. The van der Waals surface area contributed by atoms with Crippen LogP contribution in [0.15, 0.2) is 34.9 Å². The lowest BCUT2D eigenvalue weighted by Crippen LogP contribution is -2.53. The Labute approximate surface area is 173 Å². The van der Waals surface area contributed by atoms with E-state index in [0.29, 0.717) is 18.4 Å². The molecule has 0 bridgehead atoms. The van der Waals surface area contributed by atoms with Crippen LogP contribution < -0.4 is 0 Å². The highest BCUT2D eigenvalue weighted by Gasteiger charge is 2.37. The van der Waals surface area contributed by atoms with E-state index in [9.17, 15) is 9.90 Å². The summed E-state index contributed by atoms with van der Waals surface area (Å²) in [4.78, 5) is 17.6. The van der Waals surface area contributed by atoms with Crippen molar-refractivity contribution in [3.8, 4) is 0 Å². The minimum Gasteiger partial charge on any atom is -0.464 e. The minimum absolute atomic E-state index is 0. The van der Waals surface area contributed by atoms with Crippen molar-refractivity contribution in [3.05, 3.63) is 36.1 Å². The maximum absolute atomic E-state index is 13.1. The second-order valence-corrected chi connectivity index (χ2v) is 8.18. The molecule has 2 heterocycles. The Morgan fingerprint density at radius 2 is 2.07 bits per heavy atom. The van der Waals surface area contributed by atoms with Crippen molar-refractivity contribution in [2.45, 2.75) is 50.6 Å². The lowest BCUT2D eigenvalue weighted by molar-refractivity contribution is -0.133. The minimum atomic E-state index is 0. The van der Waals surface area contributed by atoms with Crippen molar-refractivity contribution in [3.63, 3.8) is 0 Å². The lowest BCUT2D eigenvalue weighted by atomic mass is 9.88. The first kappa shape index (κ1) is 21.2. The van der Waals surface area contributed by atoms with Crippen LogP contribution in [0.3, 0.4) is 0 Å². The van der Waals surface area contributed by atoms with E-state index in [4.69, 9.17) is 4.42 Å². The van der Waals surface area contributed by atoms with Crippen LogP contribution in [0.1, 0.15) is 37.7 Å². The monoisotopic (exact) mass is 406 g/mol. The van der Waals surface area contributed by atoms with Crippen molar-refractivity contribution in [2.24, 2.45) is 5.92 Å². The van der Waals surface area contributed by atoms with Gasteiger partial charge in [0.05, 0.1) is 12.7 Å². The van der Waals surface area contributed by atoms with Crippen LogP contribution in [0, 0.1) is 5.92 Å². The number of likely N-dealkylation sites (tertiary alicyclic amines) is 1. The summed E-state index contributed by atoms with van der Waals surface area (Å²) in [7, 11) is 1.97. The van der Waals surface area contributed by atoms with Gasteiger partial charge in [-0.25, -0.2) is 0 Å². The molecule has 154 valence electrons. The number of carbonyl (C=O) groups is 1. The molecule has 4 rings (SSSR count). The molecule has 1 aliphatic heterocycles. The van der Waals surface area contributed by atoms with Crippen molar-refractivity contribution < 1.29 is 14.3 Å². The van der Waals surface area contributed by atoms with Crippen LogP contribution in [0.5, 0.6) is 0 Å². The summed E-state index contributed by atoms with van der Waals surface area (Å²) in [6.45, 7) is 2.29. The molecule has 3 atom stereocenters. The van der Waals surface area contributed by atoms with Crippen LogP contribution in [0.4, 0.5) is 0 Å². The Balaban J connectivity index is 0.00000225. The molecule has 2 aromatic rings. The highest BCUT2D eigenvalue weighted by atomic mass is 35.5. The number of hydrogen-bond acceptors (Lipinski definition) is 4. The quantitative estimate of drug-likeness (QED) is 0.825. The number of nitrogens with zero attached hydrogens (tertiary/aromatic N) is 2. The van der Waals surface area contributed by atoms with Crippen LogP contribution in [0.25, 0.3) is 11.0 Å². The molecule has 1 unspecified atom stereocenters. The fraction of sp³-hybridized carbons (Fsp3) is 0.591. The second-order valence-electron chi connectivity index (χ2n) is 8.18. The highest BCUT2D eigenvalue weighted by Crippen LogP contribution is 2.31. The van der Waals surface area contributed by atoms with Crippen LogP contribution in [-0.4, -0.2) is 59.6 Å². The van der Waals surface area contributed by atoms with Gasteiger partial charge in [0.1, 0.15) is 5.58 Å². The summed E-state index contributed by atoms with van der Waals surface area (Å²) in [5, 5.41) is 10.5. The Hall–Kier alpha value is -1.56. The fourth-order valence-corrected chi connectivity index (χ4v) is 4.97. The van der Waals surface area contributed by atoms with E-state index < -0.39 is 0 Å². The first-order valence-corrected chi connectivity index (χ1v) is 10.2. The van der Waals surface area contributed by atoms with E-state index in [1.807, 2.05) is 36.2 Å². The van der Waals surface area contributed by atoms with Crippen molar-refractivity contribution in [1.29, 1.82) is 0 Å². The molecule has 1 aromatic heterocycles. The van der Waals surface area contributed by atoms with Gasteiger partial charge in [0.25, 0.3) is 0 Å². The molecule has 5 nitrogen and oxygen atoms in total. The third-order valence-electron chi connectivity index (χ3n) is 6.56. The standard InChI is InChI=1S/C22H30N2O3.ClH/c1-23(22(26)13-17-5-4-8-21-18(17)10-12-27-21)19-6-2-3-7-20(19)24-11-9-16(14-24)15-25;/h4-5,8,10,12,16,19-20,25H,2-3,6-7,9,11,13-15H2,1H3;1H/t16?,19-,20-;/m1./s1. The molecular formula is C22H31ClN2O3. The molecule has 1 aliphatic carbocycles. The fourth-order valence-electron chi connectivity index (χ4n) is 4.97. The molecule has 1 N–H and O–H groups in total. The number of aliphatic hydroxyl groups is 1. The van der Waals surface area contributed by atoms with Gasteiger partial charge in [-0.1, -0.05) is 25.0 Å². The smallest absolute Gasteiger partial charge is 0.227 e. The molecular weight excluding hydrogens is 376 g/mol. The van der Waals surface area contributed by atoms with E-state index in [1.165, 1.54) is 12.8 Å². The highest BCUT2D eigenvalue weighted by molar-refractivity contribution is 5.87. The first-order chi connectivity index (χ1) is 13.2. The number of carbonyl (C=O) groups excluding carboxylic acids is 1. The number of rotatable bonds is 5. The summed E-state index contributed by atoms with van der Waals surface area (Å²) < 4.78 is 5.47. The number of benzene rings is 1. The van der Waals surface area contributed by atoms with Crippen LogP contribution >= 0.6 is 12.4 Å². The summed E-state index contributed by atoms with van der Waals surface area (Å²) in [6.07, 6.45) is 7.81. The summed E-state index contributed by atoms with van der Waals surface area (Å²) in [5.74, 6) is 0.575. The molecule has 28 heavy (non-hydrogen) atoms. The zero-order valence-corrected chi connectivity index (χ0v) is 17.4. The van der Waals surface area contributed by atoms with E-state index >= 15 is 0 Å². The van der Waals surface area contributed by atoms with E-state index in [0.717, 1.165) is 48.9 Å². The van der Waals surface area contributed by atoms with Crippen molar-refractivity contribution in [2.75, 3.05) is 26.7 Å². The zero-order chi connectivity index (χ0) is 18.8. The number of aliphatic hydroxyl groups excluding tert-OH is 1. The molecule has 2 aliphatic rings. The number of furan rings is 1. The molecule has 6 heteroatoms. The maximum atomic E-state index is 13.1. The average Bonchev–Trinajstić information content (AvgIpc) is 3.37. The largest absolute Gasteiger partial charge is 0.464 e. The Bertz CT molecular complexity index is 793. The summed E-state index contributed by atoms with van der Waals surface area (Å²) in [6, 6.07) is 8.56. The predicted octanol–water partition coefficient (Wildman–Crippen LogP) is 3.48. The maximum Gasteiger partial charge on any atom is 0.227 e. The third kappa shape index (κ3) is 4.22. The molecule has 0 radical (unpaired) electrons. The van der Waals surface area contributed by atoms with E-state index in [2.05, 4.69) is 4.90 Å². The number of likely N-dealkylation sites (N-methyl/N-ethyl adjacent to an activating group) is 1. The van der Waals surface area contributed by atoms with Gasteiger partial charge in [0, 0.05) is 37.7 Å². The van der Waals surface area contributed by atoms with Crippen molar-refractivity contribution >= 4 is 29.3 Å². The first-order valence-electron chi connectivity index (χ1n) is 10.2.